The molecule has 5 rings (SSSR count). The first-order chi connectivity index (χ1) is 14.1. The van der Waals surface area contributed by atoms with Gasteiger partial charge in [0.05, 0.1) is 12.2 Å². The average Bonchev–Trinajstić information content (AvgIpc) is 3.36. The van der Waals surface area contributed by atoms with Crippen molar-refractivity contribution in [2.45, 2.75) is 37.8 Å². The van der Waals surface area contributed by atoms with Gasteiger partial charge in [0, 0.05) is 37.6 Å². The summed E-state index contributed by atoms with van der Waals surface area (Å²) in [5.41, 5.74) is 1.21. The molecule has 1 aliphatic heterocycles. The van der Waals surface area contributed by atoms with Crippen molar-refractivity contribution in [2.75, 3.05) is 25.2 Å². The summed E-state index contributed by atoms with van der Waals surface area (Å²) in [5, 5.41) is 15.0. The summed E-state index contributed by atoms with van der Waals surface area (Å²) in [6.45, 7) is 1.50. The normalized spacial score (nSPS) is 19.3. The second-order valence-electron chi connectivity index (χ2n) is 7.61. The van der Waals surface area contributed by atoms with Gasteiger partial charge in [-0.25, -0.2) is 9.78 Å². The molecule has 0 bridgehead atoms. The monoisotopic (exact) mass is 397 g/mol. The fraction of sp³-hybridized carbons (Fsp3) is 0.474. The molecule has 1 saturated heterocycles. The first-order valence-corrected chi connectivity index (χ1v) is 9.84. The van der Waals surface area contributed by atoms with E-state index in [2.05, 4.69) is 20.0 Å². The predicted molar refractivity (Wildman–Crippen MR) is 106 cm³/mol. The van der Waals surface area contributed by atoms with Crippen LogP contribution in [-0.4, -0.2) is 62.0 Å². The first kappa shape index (κ1) is 17.9. The number of rotatable bonds is 4. The van der Waals surface area contributed by atoms with Crippen LogP contribution in [0.5, 0.6) is 5.88 Å². The highest BCUT2D eigenvalue weighted by Gasteiger charge is 2.23. The third-order valence-corrected chi connectivity index (χ3v) is 5.46. The number of H-pyrrole nitrogens is 2. The number of nitrogens with zero attached hydrogens (tertiary/aromatic N) is 5. The Morgan fingerprint density at radius 2 is 2.10 bits per heavy atom. The van der Waals surface area contributed by atoms with Crippen LogP contribution in [0.3, 0.4) is 0 Å². The van der Waals surface area contributed by atoms with Crippen LogP contribution in [0.25, 0.3) is 11.7 Å². The number of aromatic nitrogens is 5. The summed E-state index contributed by atoms with van der Waals surface area (Å²) in [5.74, 6) is 0.610. The van der Waals surface area contributed by atoms with Gasteiger partial charge in [0.25, 0.3) is 0 Å². The van der Waals surface area contributed by atoms with Gasteiger partial charge in [-0.05, 0) is 31.8 Å². The van der Waals surface area contributed by atoms with Gasteiger partial charge in [-0.3, -0.25) is 9.98 Å². The van der Waals surface area contributed by atoms with Gasteiger partial charge in [0.2, 0.25) is 5.88 Å². The van der Waals surface area contributed by atoms with E-state index in [9.17, 15) is 9.90 Å². The fourth-order valence-electron chi connectivity index (χ4n) is 3.62. The molecule has 3 N–H and O–H groups in total. The van der Waals surface area contributed by atoms with E-state index in [1.54, 1.807) is 16.8 Å². The molecule has 1 aliphatic carbocycles. The lowest BCUT2D eigenvalue weighted by Gasteiger charge is -2.32. The van der Waals surface area contributed by atoms with Crippen LogP contribution < -0.4 is 21.3 Å². The minimum atomic E-state index is -0.470. The number of nitrogens with one attached hydrogen (secondary N) is 2. The maximum Gasteiger partial charge on any atom is 0.326 e. The van der Waals surface area contributed by atoms with Crippen LogP contribution in [-0.2, 0) is 4.74 Å². The van der Waals surface area contributed by atoms with Crippen LogP contribution in [0, 0.1) is 0 Å². The fourth-order valence-corrected chi connectivity index (χ4v) is 3.62. The van der Waals surface area contributed by atoms with Gasteiger partial charge in [0.1, 0.15) is 11.5 Å². The van der Waals surface area contributed by atoms with Gasteiger partial charge in [-0.15, -0.1) is 0 Å². The predicted octanol–water partition coefficient (Wildman–Crippen LogP) is -0.323. The van der Waals surface area contributed by atoms with Crippen molar-refractivity contribution in [3.8, 4) is 5.88 Å². The van der Waals surface area contributed by atoms with E-state index in [0.29, 0.717) is 22.9 Å². The Labute approximate surface area is 165 Å². The molecule has 3 aromatic heterocycles. The molecule has 2 aliphatic rings. The van der Waals surface area contributed by atoms with Crippen LogP contribution in [0.4, 0.5) is 5.82 Å². The van der Waals surface area contributed by atoms with E-state index in [1.807, 2.05) is 13.1 Å². The molecule has 29 heavy (non-hydrogen) atoms. The molecule has 0 amide bonds. The number of aromatic amines is 2. The van der Waals surface area contributed by atoms with Crippen LogP contribution >= 0.6 is 0 Å². The standard InChI is InChI=1S/C19H23N7O3/c1-25(13-4-6-29-7-5-13)15-9-16(21-12-2-3-12)26-17(23-15)11(10-20-26)8-14-18(27)24-19(28)22-14/h8-10,12-13,27H,2-7H2,1H3,(H2,22,24,28)/b11-8+,21-16?. The molecule has 4 heterocycles. The smallest absolute Gasteiger partial charge is 0.326 e. The van der Waals surface area contributed by atoms with Crippen molar-refractivity contribution in [2.24, 2.45) is 4.99 Å². The van der Waals surface area contributed by atoms with Gasteiger partial charge in [-0.1, -0.05) is 0 Å². The summed E-state index contributed by atoms with van der Waals surface area (Å²) < 4.78 is 7.20. The zero-order valence-electron chi connectivity index (χ0n) is 16.1. The third kappa shape index (κ3) is 3.51. The number of ether oxygens (including phenoxy) is 1. The second-order valence-corrected chi connectivity index (χ2v) is 7.61. The molecule has 0 atom stereocenters. The summed E-state index contributed by atoms with van der Waals surface area (Å²) in [6.07, 6.45) is 7.41. The lowest BCUT2D eigenvalue weighted by Crippen LogP contribution is -2.38. The van der Waals surface area contributed by atoms with Crippen LogP contribution in [0.2, 0.25) is 0 Å². The molecular weight excluding hydrogens is 374 g/mol. The highest BCUT2D eigenvalue weighted by Crippen LogP contribution is 2.23. The number of fused-ring (bicyclic) bond motifs is 1. The minimum absolute atomic E-state index is 0.215. The van der Waals surface area contributed by atoms with Crippen molar-refractivity contribution in [3.63, 3.8) is 0 Å². The zero-order valence-corrected chi connectivity index (χ0v) is 16.1. The van der Waals surface area contributed by atoms with E-state index < -0.39 is 5.69 Å². The van der Waals surface area contributed by atoms with Crippen molar-refractivity contribution >= 4 is 17.5 Å². The van der Waals surface area contributed by atoms with E-state index in [0.717, 1.165) is 50.2 Å². The molecule has 0 aromatic carbocycles. The lowest BCUT2D eigenvalue weighted by molar-refractivity contribution is 0.0853. The highest BCUT2D eigenvalue weighted by molar-refractivity contribution is 5.58. The molecule has 1 saturated carbocycles. The summed E-state index contributed by atoms with van der Waals surface area (Å²) >= 11 is 0. The van der Waals surface area contributed by atoms with Gasteiger partial charge >= 0.3 is 5.69 Å². The second kappa shape index (κ2) is 7.03. The summed E-state index contributed by atoms with van der Waals surface area (Å²) in [6, 6.07) is 2.67. The van der Waals surface area contributed by atoms with E-state index in [1.165, 1.54) is 0 Å². The average molecular weight is 397 g/mol. The molecule has 0 radical (unpaired) electrons. The number of hydrogen-bond acceptors (Lipinski definition) is 7. The SMILES string of the molecule is CN(c1cc(=NC2CC2)n2nc/c(=C\c3[nH]c(=O)[nH]c3O)c2n1)C1CCOCC1. The Hall–Kier alpha value is -3.14. The van der Waals surface area contributed by atoms with Crippen molar-refractivity contribution in [1.82, 2.24) is 24.6 Å². The van der Waals surface area contributed by atoms with E-state index in [4.69, 9.17) is 14.7 Å². The number of imidazole rings is 1. The maximum absolute atomic E-state index is 11.4. The molecule has 0 spiro atoms. The molecule has 0 unspecified atom stereocenters. The molecule has 10 nitrogen and oxygen atoms in total. The van der Waals surface area contributed by atoms with Gasteiger partial charge in [-0.2, -0.15) is 9.61 Å². The molecule has 3 aromatic rings. The Kier molecular flexibility index (Phi) is 4.35. The zero-order chi connectivity index (χ0) is 20.0. The van der Waals surface area contributed by atoms with Crippen LogP contribution in [0.1, 0.15) is 31.4 Å². The Morgan fingerprint density at radius 1 is 1.31 bits per heavy atom. The Morgan fingerprint density at radius 3 is 2.79 bits per heavy atom. The number of hydrogen-bond donors (Lipinski definition) is 3. The summed E-state index contributed by atoms with van der Waals surface area (Å²) in [4.78, 5) is 28.2. The number of aromatic hydroxyl groups is 1. The molecule has 2 fully saturated rings. The molecular formula is C19H23N7O3. The Balaban J connectivity index is 1.66. The maximum atomic E-state index is 11.4. The summed E-state index contributed by atoms with van der Waals surface area (Å²) in [7, 11) is 2.05. The van der Waals surface area contributed by atoms with Crippen molar-refractivity contribution in [3.05, 3.63) is 39.1 Å². The van der Waals surface area contributed by atoms with Crippen molar-refractivity contribution < 1.29 is 9.84 Å². The lowest BCUT2D eigenvalue weighted by atomic mass is 10.1. The highest BCUT2D eigenvalue weighted by atomic mass is 16.5. The Bertz CT molecular complexity index is 1210. The van der Waals surface area contributed by atoms with Crippen LogP contribution in [0.15, 0.2) is 22.1 Å². The van der Waals surface area contributed by atoms with Gasteiger partial charge < -0.3 is 19.7 Å². The van der Waals surface area contributed by atoms with Crippen molar-refractivity contribution in [1.29, 1.82) is 0 Å². The first-order valence-electron chi connectivity index (χ1n) is 9.84. The number of anilines is 1. The molecule has 10 heteroatoms. The van der Waals surface area contributed by atoms with E-state index >= 15 is 0 Å². The van der Waals surface area contributed by atoms with E-state index in [-0.39, 0.29) is 11.6 Å². The topological polar surface area (TPSA) is 124 Å². The van der Waals surface area contributed by atoms with Gasteiger partial charge in [0.15, 0.2) is 11.1 Å². The minimum Gasteiger partial charge on any atom is -0.493 e. The molecule has 152 valence electrons. The largest absolute Gasteiger partial charge is 0.493 e. The quantitative estimate of drug-likeness (QED) is 0.554. The third-order valence-electron chi connectivity index (χ3n) is 5.46.